The quantitative estimate of drug-likeness (QED) is 0.197. The van der Waals surface area contributed by atoms with Crippen LogP contribution in [0.15, 0.2) is 0 Å². The van der Waals surface area contributed by atoms with Gasteiger partial charge in [0.15, 0.2) is 0 Å². The minimum absolute atomic E-state index is 0.380. The Morgan fingerprint density at radius 3 is 1.54 bits per heavy atom. The molecule has 0 saturated carbocycles. The van der Waals surface area contributed by atoms with Crippen molar-refractivity contribution in [3.63, 3.8) is 0 Å². The molecule has 28 heavy (non-hydrogen) atoms. The predicted octanol–water partition coefficient (Wildman–Crippen LogP) is -2.46. The molecule has 0 heterocycles. The van der Waals surface area contributed by atoms with Crippen molar-refractivity contribution in [3.8, 4) is 0 Å². The minimum Gasteiger partial charge on any atom is -0.480 e. The summed E-state index contributed by atoms with van der Waals surface area (Å²) in [5.74, 6) is -4.39. The number of carbonyl (C=O) groups is 4. The standard InChI is InChI=1S/C17H32N4O7/c1-7(2)11(15(25)20-12(8(3)4)17(27)28)19-16(26)13(9(5)23)21-14(24)10(18)6-22/h7-13,22-23H,6,18H2,1-5H3,(H,19,26)(H,20,25)(H,21,24)(H,27,28). The first kappa shape index (κ1) is 25.8. The Kier molecular flexibility index (Phi) is 10.6. The molecule has 11 nitrogen and oxygen atoms in total. The number of nitrogens with two attached hydrogens (primary N) is 1. The third kappa shape index (κ3) is 7.79. The van der Waals surface area contributed by atoms with Crippen LogP contribution in [0.1, 0.15) is 34.6 Å². The lowest BCUT2D eigenvalue weighted by Crippen LogP contribution is -2.61. The number of aliphatic hydroxyl groups excluding tert-OH is 2. The van der Waals surface area contributed by atoms with Gasteiger partial charge >= 0.3 is 5.97 Å². The van der Waals surface area contributed by atoms with Gasteiger partial charge in [-0.2, -0.15) is 0 Å². The monoisotopic (exact) mass is 404 g/mol. The molecule has 5 unspecified atom stereocenters. The number of amides is 3. The molecule has 0 radical (unpaired) electrons. The van der Waals surface area contributed by atoms with Crippen LogP contribution in [0, 0.1) is 11.8 Å². The molecule has 162 valence electrons. The summed E-state index contributed by atoms with van der Waals surface area (Å²) in [6, 6.07) is -4.93. The maximum Gasteiger partial charge on any atom is 0.326 e. The molecule has 0 aliphatic heterocycles. The Bertz CT molecular complexity index is 566. The summed E-state index contributed by atoms with van der Waals surface area (Å²) in [5.41, 5.74) is 5.38. The largest absolute Gasteiger partial charge is 0.480 e. The molecule has 0 aromatic rings. The fraction of sp³-hybridized carbons (Fsp3) is 0.765. The van der Waals surface area contributed by atoms with E-state index in [4.69, 9.17) is 10.8 Å². The molecule has 8 N–H and O–H groups in total. The fourth-order valence-corrected chi connectivity index (χ4v) is 2.28. The Balaban J connectivity index is 5.32. The molecular formula is C17H32N4O7. The first-order chi connectivity index (χ1) is 12.8. The third-order valence-electron chi connectivity index (χ3n) is 4.07. The molecule has 3 amide bonds. The zero-order chi connectivity index (χ0) is 22.2. The third-order valence-corrected chi connectivity index (χ3v) is 4.07. The van der Waals surface area contributed by atoms with Crippen LogP contribution in [0.5, 0.6) is 0 Å². The number of aliphatic hydroxyl groups is 2. The van der Waals surface area contributed by atoms with Gasteiger partial charge in [-0.05, 0) is 18.8 Å². The molecule has 0 spiro atoms. The SMILES string of the molecule is CC(C)C(NC(=O)C(NC(=O)C(NC(=O)C(N)CO)C(C)O)C(C)C)C(=O)O. The van der Waals surface area contributed by atoms with Gasteiger partial charge in [0.05, 0.1) is 12.7 Å². The molecule has 0 aliphatic rings. The predicted molar refractivity (Wildman–Crippen MR) is 99.8 cm³/mol. The second-order valence-corrected chi connectivity index (χ2v) is 7.31. The van der Waals surface area contributed by atoms with Gasteiger partial charge in [0.2, 0.25) is 17.7 Å². The van der Waals surface area contributed by atoms with Crippen LogP contribution in [0.4, 0.5) is 0 Å². The average Bonchev–Trinajstić information content (AvgIpc) is 2.59. The highest BCUT2D eigenvalue weighted by atomic mass is 16.4. The summed E-state index contributed by atoms with van der Waals surface area (Å²) in [4.78, 5) is 48.1. The highest BCUT2D eigenvalue weighted by Crippen LogP contribution is 2.07. The topological polar surface area (TPSA) is 191 Å². The van der Waals surface area contributed by atoms with E-state index in [1.54, 1.807) is 27.7 Å². The number of carbonyl (C=O) groups excluding carboxylic acids is 3. The normalized spacial score (nSPS) is 16.6. The maximum atomic E-state index is 12.5. The Labute approximate surface area is 164 Å². The molecular weight excluding hydrogens is 372 g/mol. The molecule has 0 aliphatic carbocycles. The smallest absolute Gasteiger partial charge is 0.326 e. The van der Waals surface area contributed by atoms with Crippen molar-refractivity contribution in [2.24, 2.45) is 17.6 Å². The summed E-state index contributed by atoms with van der Waals surface area (Å²) < 4.78 is 0. The Morgan fingerprint density at radius 1 is 0.786 bits per heavy atom. The zero-order valence-corrected chi connectivity index (χ0v) is 16.8. The van der Waals surface area contributed by atoms with Crippen LogP contribution >= 0.6 is 0 Å². The molecule has 0 fully saturated rings. The summed E-state index contributed by atoms with van der Waals surface area (Å²) in [6.45, 7) is 7.17. The van der Waals surface area contributed by atoms with Crippen molar-refractivity contribution < 1.29 is 34.5 Å². The van der Waals surface area contributed by atoms with E-state index < -0.39 is 66.5 Å². The highest BCUT2D eigenvalue weighted by Gasteiger charge is 2.34. The van der Waals surface area contributed by atoms with E-state index in [0.717, 1.165) is 0 Å². The van der Waals surface area contributed by atoms with Crippen LogP contribution < -0.4 is 21.7 Å². The minimum atomic E-state index is -1.42. The van der Waals surface area contributed by atoms with E-state index in [1.165, 1.54) is 6.92 Å². The highest BCUT2D eigenvalue weighted by molar-refractivity contribution is 5.94. The Morgan fingerprint density at radius 2 is 1.18 bits per heavy atom. The lowest BCUT2D eigenvalue weighted by molar-refractivity contribution is -0.144. The molecule has 0 aromatic carbocycles. The van der Waals surface area contributed by atoms with Gasteiger partial charge < -0.3 is 37.0 Å². The number of carboxylic acids is 1. The first-order valence-electron chi connectivity index (χ1n) is 9.01. The zero-order valence-electron chi connectivity index (χ0n) is 16.8. The van der Waals surface area contributed by atoms with Crippen LogP contribution in [0.3, 0.4) is 0 Å². The fourth-order valence-electron chi connectivity index (χ4n) is 2.28. The van der Waals surface area contributed by atoms with E-state index in [9.17, 15) is 29.4 Å². The van der Waals surface area contributed by atoms with Gasteiger partial charge in [-0.1, -0.05) is 27.7 Å². The van der Waals surface area contributed by atoms with Gasteiger partial charge in [-0.15, -0.1) is 0 Å². The van der Waals surface area contributed by atoms with E-state index >= 15 is 0 Å². The molecule has 5 atom stereocenters. The summed E-state index contributed by atoms with van der Waals surface area (Å²) in [7, 11) is 0. The van der Waals surface area contributed by atoms with Gasteiger partial charge in [-0.25, -0.2) is 4.79 Å². The maximum absolute atomic E-state index is 12.5. The number of carboxylic acid groups (broad SMARTS) is 1. The number of nitrogens with one attached hydrogen (secondary N) is 3. The van der Waals surface area contributed by atoms with E-state index in [-0.39, 0.29) is 5.92 Å². The van der Waals surface area contributed by atoms with E-state index in [0.29, 0.717) is 0 Å². The average molecular weight is 404 g/mol. The van der Waals surface area contributed by atoms with Crippen molar-refractivity contribution in [1.29, 1.82) is 0 Å². The van der Waals surface area contributed by atoms with Gasteiger partial charge in [-0.3, -0.25) is 14.4 Å². The van der Waals surface area contributed by atoms with Gasteiger partial charge in [0, 0.05) is 0 Å². The second-order valence-electron chi connectivity index (χ2n) is 7.31. The summed E-state index contributed by atoms with van der Waals surface area (Å²) in [5, 5.41) is 35.0. The van der Waals surface area contributed by atoms with Gasteiger partial charge in [0.25, 0.3) is 0 Å². The van der Waals surface area contributed by atoms with E-state index in [1.807, 2.05) is 0 Å². The lowest BCUT2D eigenvalue weighted by atomic mass is 9.99. The Hall–Kier alpha value is -2.24. The molecule has 11 heteroatoms. The van der Waals surface area contributed by atoms with Crippen molar-refractivity contribution in [1.82, 2.24) is 16.0 Å². The van der Waals surface area contributed by atoms with Crippen molar-refractivity contribution in [3.05, 3.63) is 0 Å². The number of hydrogen-bond donors (Lipinski definition) is 7. The van der Waals surface area contributed by atoms with E-state index in [2.05, 4.69) is 16.0 Å². The number of aliphatic carboxylic acids is 1. The van der Waals surface area contributed by atoms with Crippen LogP contribution in [-0.2, 0) is 19.2 Å². The number of rotatable bonds is 11. The van der Waals surface area contributed by atoms with Crippen molar-refractivity contribution in [2.45, 2.75) is 64.9 Å². The molecule has 0 bridgehead atoms. The van der Waals surface area contributed by atoms with Crippen LogP contribution in [-0.4, -0.2) is 75.9 Å². The van der Waals surface area contributed by atoms with Crippen molar-refractivity contribution in [2.75, 3.05) is 6.61 Å². The molecule has 0 aromatic heterocycles. The van der Waals surface area contributed by atoms with Crippen LogP contribution in [0.2, 0.25) is 0 Å². The number of hydrogen-bond acceptors (Lipinski definition) is 7. The van der Waals surface area contributed by atoms with Gasteiger partial charge in [0.1, 0.15) is 24.2 Å². The summed E-state index contributed by atoms with van der Waals surface area (Å²) >= 11 is 0. The van der Waals surface area contributed by atoms with Crippen LogP contribution in [0.25, 0.3) is 0 Å². The first-order valence-corrected chi connectivity index (χ1v) is 9.01. The molecule has 0 rings (SSSR count). The second kappa shape index (κ2) is 11.6. The molecule has 0 saturated heterocycles. The lowest BCUT2D eigenvalue weighted by Gasteiger charge is -2.28. The van der Waals surface area contributed by atoms with Crippen molar-refractivity contribution >= 4 is 23.7 Å². The summed E-state index contributed by atoms with van der Waals surface area (Å²) in [6.07, 6.45) is -1.31.